The highest BCUT2D eigenvalue weighted by Gasteiger charge is 2.33. The molecule has 1 saturated carbocycles. The van der Waals surface area contributed by atoms with Crippen molar-refractivity contribution in [3.63, 3.8) is 0 Å². The van der Waals surface area contributed by atoms with Crippen LogP contribution in [0, 0.1) is 11.8 Å². The van der Waals surface area contributed by atoms with E-state index in [0.29, 0.717) is 25.7 Å². The van der Waals surface area contributed by atoms with Crippen molar-refractivity contribution in [2.75, 3.05) is 13.7 Å². The maximum atomic E-state index is 12.0. The molecule has 1 N–H and O–H groups in total. The van der Waals surface area contributed by atoms with Crippen molar-refractivity contribution in [2.45, 2.75) is 38.1 Å². The molecule has 0 heterocycles. The van der Waals surface area contributed by atoms with E-state index in [2.05, 4.69) is 5.32 Å². The number of alkyl carbamates (subject to hydrolysis) is 1. The summed E-state index contributed by atoms with van der Waals surface area (Å²) in [5.74, 6) is -0.230. The van der Waals surface area contributed by atoms with Crippen molar-refractivity contribution in [1.29, 1.82) is 0 Å². The lowest BCUT2D eigenvalue weighted by molar-refractivity contribution is -0.145. The fourth-order valence-corrected chi connectivity index (χ4v) is 2.90. The number of ether oxygens (including phenoxy) is 2. The molecule has 6 heteroatoms. The van der Waals surface area contributed by atoms with Crippen molar-refractivity contribution >= 4 is 17.8 Å². The molecule has 0 aromatic carbocycles. The van der Waals surface area contributed by atoms with Crippen molar-refractivity contribution in [3.05, 3.63) is 24.3 Å². The van der Waals surface area contributed by atoms with E-state index < -0.39 is 18.1 Å². The van der Waals surface area contributed by atoms with Crippen LogP contribution in [0.3, 0.4) is 0 Å². The molecule has 2 rings (SSSR count). The van der Waals surface area contributed by atoms with E-state index in [-0.39, 0.29) is 24.2 Å². The standard InChI is InChI=1S/C17H23NO5/c1-22-16(20)15(13-7-9-14(19)10-8-13)18-17(21)23-11-12-5-3-2-4-6-12/h2-5,12-13,15H,6-11H2,1H3,(H,18,21)/t12?,15-/m0/s1. The zero-order chi connectivity index (χ0) is 16.7. The van der Waals surface area contributed by atoms with Crippen LogP contribution in [0.4, 0.5) is 4.79 Å². The van der Waals surface area contributed by atoms with Crippen molar-refractivity contribution < 1.29 is 23.9 Å². The number of esters is 1. The van der Waals surface area contributed by atoms with Gasteiger partial charge in [-0.1, -0.05) is 24.3 Å². The monoisotopic (exact) mass is 321 g/mol. The van der Waals surface area contributed by atoms with Crippen LogP contribution < -0.4 is 5.32 Å². The Kier molecular flexibility index (Phi) is 6.38. The van der Waals surface area contributed by atoms with Gasteiger partial charge in [0.05, 0.1) is 13.7 Å². The van der Waals surface area contributed by atoms with Gasteiger partial charge in [-0.05, 0) is 25.2 Å². The van der Waals surface area contributed by atoms with E-state index in [1.54, 1.807) is 0 Å². The van der Waals surface area contributed by atoms with E-state index in [1.807, 2.05) is 24.3 Å². The third-order valence-corrected chi connectivity index (χ3v) is 4.29. The SMILES string of the molecule is COC(=O)[C@@H](NC(=O)OCC1C=CC=CC1)C1CCC(=O)CC1. The fourth-order valence-electron chi connectivity index (χ4n) is 2.90. The summed E-state index contributed by atoms with van der Waals surface area (Å²) in [6.07, 6.45) is 10.1. The van der Waals surface area contributed by atoms with Gasteiger partial charge in [0.2, 0.25) is 0 Å². The number of rotatable bonds is 5. The second-order valence-corrected chi connectivity index (χ2v) is 5.93. The van der Waals surface area contributed by atoms with Gasteiger partial charge < -0.3 is 14.8 Å². The first-order valence-electron chi connectivity index (χ1n) is 7.96. The predicted octanol–water partition coefficient (Wildman–Crippen LogP) is 2.15. The number of hydrogen-bond donors (Lipinski definition) is 1. The van der Waals surface area contributed by atoms with Gasteiger partial charge in [-0.2, -0.15) is 0 Å². The Morgan fingerprint density at radius 2 is 2.04 bits per heavy atom. The summed E-state index contributed by atoms with van der Waals surface area (Å²) in [5.41, 5.74) is 0. The first kappa shape index (κ1) is 17.2. The molecule has 0 aromatic rings. The molecule has 1 unspecified atom stereocenters. The lowest BCUT2D eigenvalue weighted by Crippen LogP contribution is -2.48. The van der Waals surface area contributed by atoms with Crippen molar-refractivity contribution in [1.82, 2.24) is 5.32 Å². The van der Waals surface area contributed by atoms with Crippen LogP contribution in [-0.2, 0) is 19.1 Å². The third kappa shape index (κ3) is 5.23. The van der Waals surface area contributed by atoms with Crippen LogP contribution >= 0.6 is 0 Å². The van der Waals surface area contributed by atoms with E-state index in [0.717, 1.165) is 6.42 Å². The Labute approximate surface area is 135 Å². The van der Waals surface area contributed by atoms with Gasteiger partial charge in [-0.3, -0.25) is 4.79 Å². The van der Waals surface area contributed by atoms with Gasteiger partial charge in [0.25, 0.3) is 0 Å². The number of nitrogens with one attached hydrogen (secondary N) is 1. The molecule has 0 aromatic heterocycles. The Morgan fingerprint density at radius 1 is 1.30 bits per heavy atom. The number of hydrogen-bond acceptors (Lipinski definition) is 5. The summed E-state index contributed by atoms with van der Waals surface area (Å²) in [5, 5.41) is 2.60. The quantitative estimate of drug-likeness (QED) is 0.785. The van der Waals surface area contributed by atoms with E-state index in [1.165, 1.54) is 7.11 Å². The second kappa shape index (κ2) is 8.50. The van der Waals surface area contributed by atoms with Gasteiger partial charge in [0.1, 0.15) is 11.8 Å². The number of methoxy groups -OCH3 is 1. The minimum Gasteiger partial charge on any atom is -0.467 e. The van der Waals surface area contributed by atoms with Crippen LogP contribution in [0.2, 0.25) is 0 Å². The Hall–Kier alpha value is -2.11. The normalized spacial score (nSPS) is 22.5. The second-order valence-electron chi connectivity index (χ2n) is 5.93. The fraction of sp³-hybridized carbons (Fsp3) is 0.588. The smallest absolute Gasteiger partial charge is 0.407 e. The summed E-state index contributed by atoms with van der Waals surface area (Å²) in [7, 11) is 1.29. The van der Waals surface area contributed by atoms with E-state index in [9.17, 15) is 14.4 Å². The van der Waals surface area contributed by atoms with Gasteiger partial charge >= 0.3 is 12.1 Å². The maximum Gasteiger partial charge on any atom is 0.407 e. The zero-order valence-corrected chi connectivity index (χ0v) is 13.3. The lowest BCUT2D eigenvalue weighted by atomic mass is 9.83. The molecule has 0 bridgehead atoms. The Morgan fingerprint density at radius 3 is 2.65 bits per heavy atom. The van der Waals surface area contributed by atoms with Crippen LogP contribution in [-0.4, -0.2) is 37.6 Å². The molecule has 6 nitrogen and oxygen atoms in total. The molecule has 0 radical (unpaired) electrons. The van der Waals surface area contributed by atoms with Gasteiger partial charge in [0.15, 0.2) is 0 Å². The minimum absolute atomic E-state index is 0.0924. The lowest BCUT2D eigenvalue weighted by Gasteiger charge is -2.28. The number of allylic oxidation sites excluding steroid dienone is 3. The summed E-state index contributed by atoms with van der Waals surface area (Å²) in [6, 6.07) is -0.762. The van der Waals surface area contributed by atoms with E-state index >= 15 is 0 Å². The molecular weight excluding hydrogens is 298 g/mol. The zero-order valence-electron chi connectivity index (χ0n) is 13.3. The van der Waals surface area contributed by atoms with Crippen LogP contribution in [0.25, 0.3) is 0 Å². The van der Waals surface area contributed by atoms with Gasteiger partial charge in [-0.25, -0.2) is 9.59 Å². The molecule has 0 saturated heterocycles. The molecule has 0 spiro atoms. The highest BCUT2D eigenvalue weighted by atomic mass is 16.6. The maximum absolute atomic E-state index is 12.0. The highest BCUT2D eigenvalue weighted by molar-refractivity contribution is 5.83. The first-order chi connectivity index (χ1) is 11.1. The average Bonchev–Trinajstić information content (AvgIpc) is 2.59. The summed E-state index contributed by atoms with van der Waals surface area (Å²) >= 11 is 0. The Balaban J connectivity index is 1.85. The molecule has 23 heavy (non-hydrogen) atoms. The minimum atomic E-state index is -0.762. The summed E-state index contributed by atoms with van der Waals surface area (Å²) in [6.45, 7) is 0.268. The van der Waals surface area contributed by atoms with Gasteiger partial charge in [0, 0.05) is 18.8 Å². The number of carbonyl (C=O) groups is 3. The molecule has 2 aliphatic carbocycles. The molecule has 2 aliphatic rings. The van der Waals surface area contributed by atoms with E-state index in [4.69, 9.17) is 9.47 Å². The molecule has 1 amide bonds. The first-order valence-corrected chi connectivity index (χ1v) is 7.96. The molecular formula is C17H23NO5. The van der Waals surface area contributed by atoms with Crippen LogP contribution in [0.5, 0.6) is 0 Å². The number of Topliss-reactive ketones (excluding diaryl/α,β-unsaturated/α-hetero) is 1. The molecule has 1 fully saturated rings. The number of carbonyl (C=O) groups excluding carboxylic acids is 3. The molecule has 2 atom stereocenters. The molecule has 0 aliphatic heterocycles. The van der Waals surface area contributed by atoms with Crippen molar-refractivity contribution in [3.8, 4) is 0 Å². The topological polar surface area (TPSA) is 81.7 Å². The van der Waals surface area contributed by atoms with Gasteiger partial charge in [-0.15, -0.1) is 0 Å². The van der Waals surface area contributed by atoms with Crippen LogP contribution in [0.1, 0.15) is 32.1 Å². The molecule has 126 valence electrons. The summed E-state index contributed by atoms with van der Waals surface area (Å²) < 4.78 is 9.98. The third-order valence-electron chi connectivity index (χ3n) is 4.29. The largest absolute Gasteiger partial charge is 0.467 e. The highest BCUT2D eigenvalue weighted by Crippen LogP contribution is 2.25. The Bertz CT molecular complexity index is 501. The average molecular weight is 321 g/mol. The summed E-state index contributed by atoms with van der Waals surface area (Å²) in [4.78, 5) is 35.2. The number of amides is 1. The number of ketones is 1. The predicted molar refractivity (Wildman–Crippen MR) is 83.6 cm³/mol. The van der Waals surface area contributed by atoms with Crippen LogP contribution in [0.15, 0.2) is 24.3 Å². The van der Waals surface area contributed by atoms with Crippen molar-refractivity contribution in [2.24, 2.45) is 11.8 Å².